The van der Waals surface area contributed by atoms with Crippen molar-refractivity contribution in [3.05, 3.63) is 47.6 Å². The normalized spacial score (nSPS) is 11.7. The Kier molecular flexibility index (Phi) is 4.67. The lowest BCUT2D eigenvalue weighted by Gasteiger charge is -2.04. The summed E-state index contributed by atoms with van der Waals surface area (Å²) < 4.78 is 26.9. The molecule has 0 atom stereocenters. The molecule has 0 unspecified atom stereocenters. The third kappa shape index (κ3) is 4.14. The number of aromatic hydroxyl groups is 1. The van der Waals surface area contributed by atoms with Gasteiger partial charge in [0, 0.05) is 6.20 Å². The number of anilines is 1. The molecule has 3 aromatic rings. The summed E-state index contributed by atoms with van der Waals surface area (Å²) in [5.74, 6) is -0.0190. The van der Waals surface area contributed by atoms with Crippen LogP contribution < -0.4 is 4.72 Å². The lowest BCUT2D eigenvalue weighted by Crippen LogP contribution is -2.12. The van der Waals surface area contributed by atoms with E-state index in [0.29, 0.717) is 10.7 Å². The fourth-order valence-electron chi connectivity index (χ4n) is 1.77. The van der Waals surface area contributed by atoms with Crippen molar-refractivity contribution in [3.8, 4) is 5.75 Å². The van der Waals surface area contributed by atoms with Crippen molar-refractivity contribution in [3.63, 3.8) is 0 Å². The quantitative estimate of drug-likeness (QED) is 0.658. The van der Waals surface area contributed by atoms with Crippen LogP contribution in [0.2, 0.25) is 0 Å². The standard InChI is InChI=1S/C14H12N6O3S2/c1-9-16-19-14(24-9)20-25(22,23)11-6-4-10(5-7-11)17-18-13-12(21)3-2-8-15-13/h2-8,21H,1H3,(H,19,20). The Hall–Kier alpha value is -2.92. The van der Waals surface area contributed by atoms with Crippen LogP contribution in [0, 0.1) is 6.92 Å². The fourth-order valence-corrected chi connectivity index (χ4v) is 3.60. The first-order valence-electron chi connectivity index (χ1n) is 6.93. The maximum Gasteiger partial charge on any atom is 0.263 e. The zero-order valence-electron chi connectivity index (χ0n) is 12.9. The Morgan fingerprint density at radius 2 is 1.88 bits per heavy atom. The molecule has 0 aliphatic heterocycles. The zero-order chi connectivity index (χ0) is 17.9. The first-order valence-corrected chi connectivity index (χ1v) is 9.23. The highest BCUT2D eigenvalue weighted by atomic mass is 32.2. The molecule has 1 aromatic carbocycles. The van der Waals surface area contributed by atoms with E-state index in [4.69, 9.17) is 0 Å². The molecule has 25 heavy (non-hydrogen) atoms. The third-order valence-corrected chi connectivity index (χ3v) is 5.16. The maximum absolute atomic E-state index is 12.3. The van der Waals surface area contributed by atoms with Gasteiger partial charge in [-0.1, -0.05) is 11.3 Å². The highest BCUT2D eigenvalue weighted by molar-refractivity contribution is 7.93. The predicted octanol–water partition coefficient (Wildman–Crippen LogP) is 3.16. The highest BCUT2D eigenvalue weighted by Crippen LogP contribution is 2.25. The van der Waals surface area contributed by atoms with Gasteiger partial charge in [0.2, 0.25) is 10.9 Å². The van der Waals surface area contributed by atoms with Gasteiger partial charge >= 0.3 is 0 Å². The number of pyridine rings is 1. The molecule has 2 aromatic heterocycles. The molecule has 0 saturated heterocycles. The molecule has 0 radical (unpaired) electrons. The van der Waals surface area contributed by atoms with Gasteiger partial charge in [-0.2, -0.15) is 0 Å². The Balaban J connectivity index is 1.76. The summed E-state index contributed by atoms with van der Waals surface area (Å²) in [4.78, 5) is 3.93. The van der Waals surface area contributed by atoms with Crippen molar-refractivity contribution < 1.29 is 13.5 Å². The van der Waals surface area contributed by atoms with Gasteiger partial charge in [-0.15, -0.1) is 20.4 Å². The van der Waals surface area contributed by atoms with Crippen molar-refractivity contribution in [1.82, 2.24) is 15.2 Å². The van der Waals surface area contributed by atoms with Crippen LogP contribution in [0.25, 0.3) is 0 Å². The second-order valence-corrected chi connectivity index (χ2v) is 7.64. The molecule has 11 heteroatoms. The summed E-state index contributed by atoms with van der Waals surface area (Å²) >= 11 is 1.14. The molecular formula is C14H12N6O3S2. The number of benzene rings is 1. The molecule has 0 fully saturated rings. The van der Waals surface area contributed by atoms with Crippen LogP contribution in [0.1, 0.15) is 5.01 Å². The summed E-state index contributed by atoms with van der Waals surface area (Å²) in [6.07, 6.45) is 1.48. The largest absolute Gasteiger partial charge is 0.504 e. The van der Waals surface area contributed by atoms with E-state index in [0.717, 1.165) is 11.3 Å². The van der Waals surface area contributed by atoms with Crippen LogP contribution in [-0.4, -0.2) is 28.7 Å². The molecule has 0 aliphatic carbocycles. The minimum absolute atomic E-state index is 0.0555. The van der Waals surface area contributed by atoms with Gasteiger partial charge in [0.15, 0.2) is 5.75 Å². The Morgan fingerprint density at radius 3 is 2.52 bits per heavy atom. The lowest BCUT2D eigenvalue weighted by atomic mass is 10.3. The molecule has 0 aliphatic rings. The van der Waals surface area contributed by atoms with Crippen molar-refractivity contribution >= 4 is 38.0 Å². The average molecular weight is 376 g/mol. The summed E-state index contributed by atoms with van der Waals surface area (Å²) in [5.41, 5.74) is 0.413. The van der Waals surface area contributed by atoms with Gasteiger partial charge in [-0.05, 0) is 43.3 Å². The van der Waals surface area contributed by atoms with Crippen molar-refractivity contribution in [2.45, 2.75) is 11.8 Å². The van der Waals surface area contributed by atoms with Crippen molar-refractivity contribution in [2.75, 3.05) is 4.72 Å². The molecule has 128 valence electrons. The lowest BCUT2D eigenvalue weighted by molar-refractivity contribution is 0.474. The molecule has 3 rings (SSSR count). The van der Waals surface area contributed by atoms with E-state index in [1.165, 1.54) is 36.5 Å². The first kappa shape index (κ1) is 16.9. The van der Waals surface area contributed by atoms with Crippen LogP contribution in [-0.2, 0) is 10.0 Å². The van der Waals surface area contributed by atoms with Crippen LogP contribution >= 0.6 is 11.3 Å². The van der Waals surface area contributed by atoms with E-state index < -0.39 is 10.0 Å². The van der Waals surface area contributed by atoms with Crippen molar-refractivity contribution in [1.29, 1.82) is 0 Å². The van der Waals surface area contributed by atoms with Gasteiger partial charge in [0.1, 0.15) is 5.01 Å². The maximum atomic E-state index is 12.3. The Bertz CT molecular complexity index is 1020. The van der Waals surface area contributed by atoms with Gasteiger partial charge < -0.3 is 5.11 Å². The predicted molar refractivity (Wildman–Crippen MR) is 92.0 cm³/mol. The number of azo groups is 1. The van der Waals surface area contributed by atoms with Gasteiger partial charge in [0.05, 0.1) is 10.6 Å². The molecule has 9 nitrogen and oxygen atoms in total. The van der Waals surface area contributed by atoms with E-state index in [-0.39, 0.29) is 21.6 Å². The molecule has 0 spiro atoms. The van der Waals surface area contributed by atoms with Gasteiger partial charge in [-0.3, -0.25) is 4.72 Å². The number of hydrogen-bond acceptors (Lipinski definition) is 9. The number of hydrogen-bond donors (Lipinski definition) is 2. The second-order valence-electron chi connectivity index (χ2n) is 4.77. The number of nitrogens with zero attached hydrogens (tertiary/aromatic N) is 5. The molecule has 0 amide bonds. The van der Waals surface area contributed by atoms with Crippen LogP contribution in [0.3, 0.4) is 0 Å². The topological polar surface area (TPSA) is 130 Å². The Morgan fingerprint density at radius 1 is 1.12 bits per heavy atom. The minimum atomic E-state index is -3.76. The average Bonchev–Trinajstić information content (AvgIpc) is 2.99. The number of rotatable bonds is 5. The number of sulfonamides is 1. The molecule has 0 bridgehead atoms. The summed E-state index contributed by atoms with van der Waals surface area (Å²) in [6.45, 7) is 1.73. The molecular weight excluding hydrogens is 364 g/mol. The van der Waals surface area contributed by atoms with Crippen LogP contribution in [0.5, 0.6) is 5.75 Å². The fraction of sp³-hybridized carbons (Fsp3) is 0.0714. The molecule has 2 N–H and O–H groups in total. The number of aryl methyl sites for hydroxylation is 1. The smallest absolute Gasteiger partial charge is 0.263 e. The van der Waals surface area contributed by atoms with E-state index in [1.807, 2.05) is 0 Å². The van der Waals surface area contributed by atoms with Crippen LogP contribution in [0.15, 0.2) is 57.7 Å². The summed E-state index contributed by atoms with van der Waals surface area (Å²) in [6, 6.07) is 8.77. The van der Waals surface area contributed by atoms with E-state index >= 15 is 0 Å². The first-order chi connectivity index (χ1) is 11.9. The third-order valence-electron chi connectivity index (χ3n) is 2.92. The minimum Gasteiger partial charge on any atom is -0.504 e. The van der Waals surface area contributed by atoms with E-state index in [1.54, 1.807) is 13.0 Å². The van der Waals surface area contributed by atoms with E-state index in [9.17, 15) is 13.5 Å². The zero-order valence-corrected chi connectivity index (χ0v) is 14.5. The molecule has 2 heterocycles. The number of nitrogens with one attached hydrogen (secondary N) is 1. The number of aromatic nitrogens is 3. The van der Waals surface area contributed by atoms with Gasteiger partial charge in [-0.25, -0.2) is 13.4 Å². The second kappa shape index (κ2) is 6.91. The highest BCUT2D eigenvalue weighted by Gasteiger charge is 2.16. The van der Waals surface area contributed by atoms with E-state index in [2.05, 4.69) is 30.1 Å². The summed E-state index contributed by atoms with van der Waals surface area (Å²) in [7, 11) is -3.76. The van der Waals surface area contributed by atoms with Crippen LogP contribution in [0.4, 0.5) is 16.6 Å². The Labute approximate surface area is 147 Å². The SMILES string of the molecule is Cc1nnc(NS(=O)(=O)c2ccc(N=Nc3ncccc3O)cc2)s1. The van der Waals surface area contributed by atoms with Gasteiger partial charge in [0.25, 0.3) is 10.0 Å². The van der Waals surface area contributed by atoms with Crippen molar-refractivity contribution in [2.24, 2.45) is 10.2 Å². The summed E-state index contributed by atoms with van der Waals surface area (Å²) in [5, 5.41) is 25.6. The monoisotopic (exact) mass is 376 g/mol. The molecule has 0 saturated carbocycles.